The molecule has 2 aromatic heterocycles. The van der Waals surface area contributed by atoms with Gasteiger partial charge in [-0.1, -0.05) is 38.1 Å². The number of fused-ring (bicyclic) bond motifs is 1. The van der Waals surface area contributed by atoms with Crippen molar-refractivity contribution in [2.24, 2.45) is 5.92 Å². The van der Waals surface area contributed by atoms with Crippen molar-refractivity contribution in [1.29, 1.82) is 5.26 Å². The number of hydrogen-bond donors (Lipinski definition) is 1. The Morgan fingerprint density at radius 2 is 1.85 bits per heavy atom. The maximum Gasteiger partial charge on any atom is 0.334 e. The predicted octanol–water partition coefficient (Wildman–Crippen LogP) is 4.83. The van der Waals surface area contributed by atoms with Crippen LogP contribution in [-0.4, -0.2) is 38.0 Å². The van der Waals surface area contributed by atoms with Gasteiger partial charge in [0.25, 0.3) is 5.91 Å². The molecular formula is C30H30N6O3. The summed E-state index contributed by atoms with van der Waals surface area (Å²) in [5.74, 6) is 1.36. The Bertz CT molecular complexity index is 1630. The van der Waals surface area contributed by atoms with Gasteiger partial charge in [0, 0.05) is 19.3 Å². The first-order valence-corrected chi connectivity index (χ1v) is 13.0. The number of pyridine rings is 1. The highest BCUT2D eigenvalue weighted by atomic mass is 16.5. The number of hydrogen-bond acceptors (Lipinski definition) is 6. The van der Waals surface area contributed by atoms with Crippen LogP contribution < -0.4 is 16.2 Å². The summed E-state index contributed by atoms with van der Waals surface area (Å²) in [6.07, 6.45) is 4.69. The van der Waals surface area contributed by atoms with Crippen molar-refractivity contribution in [2.75, 3.05) is 18.8 Å². The van der Waals surface area contributed by atoms with Crippen molar-refractivity contribution in [3.63, 3.8) is 0 Å². The van der Waals surface area contributed by atoms with Gasteiger partial charge in [-0.25, -0.2) is 9.78 Å². The van der Waals surface area contributed by atoms with Crippen LogP contribution in [0.5, 0.6) is 11.5 Å². The van der Waals surface area contributed by atoms with E-state index in [1.807, 2.05) is 62.4 Å². The number of rotatable bonds is 6. The lowest BCUT2D eigenvalue weighted by Crippen LogP contribution is -2.43. The molecule has 1 amide bonds. The fourth-order valence-electron chi connectivity index (χ4n) is 5.08. The van der Waals surface area contributed by atoms with Crippen molar-refractivity contribution < 1.29 is 9.53 Å². The molecule has 9 heteroatoms. The fraction of sp³-hybridized carbons (Fsp3) is 0.267. The molecule has 5 rings (SSSR count). The molecule has 3 heterocycles. The van der Waals surface area contributed by atoms with E-state index in [0.29, 0.717) is 54.2 Å². The molecule has 1 atom stereocenters. The maximum atomic E-state index is 14.0. The third-order valence-electron chi connectivity index (χ3n) is 6.79. The standard InChI is InChI=1S/C30H30N6O3/c1-20(2)17-21(18-31)29(37)34-16-6-7-23(19-34)35-26-14-15-33-28(32)27(26)36(30(35)38)22-10-12-25(13-11-22)39-24-8-4-3-5-9-24/h3-5,8-15,17,20,23H,6-7,16,19H2,1-2H3,(H2,32,33). The molecule has 198 valence electrons. The number of anilines is 1. The van der Waals surface area contributed by atoms with E-state index >= 15 is 0 Å². The van der Waals surface area contributed by atoms with Crippen molar-refractivity contribution in [3.8, 4) is 23.3 Å². The van der Waals surface area contributed by atoms with Gasteiger partial charge in [0.05, 0.1) is 17.2 Å². The van der Waals surface area contributed by atoms with Crippen LogP contribution in [0.1, 0.15) is 32.7 Å². The molecule has 0 spiro atoms. The number of imidazole rings is 1. The van der Waals surface area contributed by atoms with Crippen LogP contribution in [0.3, 0.4) is 0 Å². The van der Waals surface area contributed by atoms with E-state index in [4.69, 9.17) is 10.5 Å². The number of nitrogens with zero attached hydrogens (tertiary/aromatic N) is 5. The first-order valence-electron chi connectivity index (χ1n) is 13.0. The highest BCUT2D eigenvalue weighted by Crippen LogP contribution is 2.30. The van der Waals surface area contributed by atoms with Crippen molar-refractivity contribution in [3.05, 3.63) is 89.0 Å². The Balaban J connectivity index is 1.51. The zero-order valence-corrected chi connectivity index (χ0v) is 21.9. The molecule has 1 fully saturated rings. The predicted molar refractivity (Wildman–Crippen MR) is 150 cm³/mol. The second-order valence-corrected chi connectivity index (χ2v) is 9.94. The summed E-state index contributed by atoms with van der Waals surface area (Å²) in [7, 11) is 0. The van der Waals surface area contributed by atoms with Crippen LogP contribution in [0.15, 0.2) is 83.3 Å². The van der Waals surface area contributed by atoms with E-state index in [1.165, 1.54) is 0 Å². The van der Waals surface area contributed by atoms with E-state index in [1.54, 1.807) is 44.5 Å². The number of carbonyl (C=O) groups excluding carboxylic acids is 1. The van der Waals surface area contributed by atoms with Gasteiger partial charge in [0.1, 0.15) is 34.5 Å². The zero-order valence-electron chi connectivity index (χ0n) is 21.9. The molecule has 0 aliphatic carbocycles. The number of carbonyl (C=O) groups is 1. The molecule has 2 N–H and O–H groups in total. The number of nitriles is 1. The molecule has 1 aliphatic rings. The average molecular weight is 523 g/mol. The van der Waals surface area contributed by atoms with E-state index in [9.17, 15) is 14.9 Å². The van der Waals surface area contributed by atoms with Gasteiger partial charge in [-0.2, -0.15) is 5.26 Å². The number of likely N-dealkylation sites (tertiary alicyclic amines) is 1. The summed E-state index contributed by atoms with van der Waals surface area (Å²) in [5, 5.41) is 9.55. The summed E-state index contributed by atoms with van der Waals surface area (Å²) >= 11 is 0. The first-order chi connectivity index (χ1) is 18.9. The Morgan fingerprint density at radius 1 is 1.13 bits per heavy atom. The Hall–Kier alpha value is -4.84. The van der Waals surface area contributed by atoms with E-state index < -0.39 is 0 Å². The van der Waals surface area contributed by atoms with E-state index in [2.05, 4.69) is 4.98 Å². The molecule has 39 heavy (non-hydrogen) atoms. The Labute approximate surface area is 226 Å². The van der Waals surface area contributed by atoms with E-state index in [0.717, 1.165) is 0 Å². The highest BCUT2D eigenvalue weighted by molar-refractivity contribution is 5.97. The summed E-state index contributed by atoms with van der Waals surface area (Å²) < 4.78 is 9.17. The van der Waals surface area contributed by atoms with Crippen LogP contribution >= 0.6 is 0 Å². The van der Waals surface area contributed by atoms with Gasteiger partial charge in [0.2, 0.25) is 0 Å². The summed E-state index contributed by atoms with van der Waals surface area (Å²) in [6.45, 7) is 4.71. The molecule has 1 aliphatic heterocycles. The minimum Gasteiger partial charge on any atom is -0.457 e. The smallest absolute Gasteiger partial charge is 0.334 e. The number of nitrogen functional groups attached to an aromatic ring is 1. The van der Waals surface area contributed by atoms with E-state index in [-0.39, 0.29) is 34.9 Å². The molecule has 0 radical (unpaired) electrons. The number of para-hydroxylation sites is 1. The monoisotopic (exact) mass is 522 g/mol. The number of piperidine rings is 1. The number of allylic oxidation sites excluding steroid dienone is 1. The minimum atomic E-state index is -0.303. The van der Waals surface area contributed by atoms with Crippen LogP contribution in [0, 0.1) is 17.2 Å². The number of amides is 1. The third-order valence-corrected chi connectivity index (χ3v) is 6.79. The lowest BCUT2D eigenvalue weighted by Gasteiger charge is -2.33. The number of nitrogens with two attached hydrogens (primary N) is 1. The number of ether oxygens (including phenoxy) is 1. The van der Waals surface area contributed by atoms with Gasteiger partial charge in [0.15, 0.2) is 0 Å². The summed E-state index contributed by atoms with van der Waals surface area (Å²) in [4.78, 5) is 33.0. The highest BCUT2D eigenvalue weighted by Gasteiger charge is 2.30. The van der Waals surface area contributed by atoms with Crippen LogP contribution in [0.25, 0.3) is 16.7 Å². The Kier molecular flexibility index (Phi) is 7.19. The lowest BCUT2D eigenvalue weighted by molar-refractivity contribution is -0.128. The first kappa shape index (κ1) is 25.8. The fourth-order valence-corrected chi connectivity index (χ4v) is 5.08. The SMILES string of the molecule is CC(C)C=C(C#N)C(=O)N1CCCC(n2c(=O)n(-c3ccc(Oc4ccccc4)cc3)c3c(N)nccc32)C1. The topological polar surface area (TPSA) is 119 Å². The summed E-state index contributed by atoms with van der Waals surface area (Å²) in [5.41, 5.74) is 7.95. The molecule has 0 bridgehead atoms. The molecule has 0 saturated carbocycles. The normalized spacial score (nSPS) is 15.9. The van der Waals surface area contributed by atoms with Gasteiger partial charge in [-0.3, -0.25) is 13.9 Å². The number of benzene rings is 2. The molecule has 4 aromatic rings. The molecule has 1 unspecified atom stereocenters. The van der Waals surface area contributed by atoms with Crippen molar-refractivity contribution in [1.82, 2.24) is 19.0 Å². The van der Waals surface area contributed by atoms with Gasteiger partial charge in [-0.05, 0) is 61.2 Å². The lowest BCUT2D eigenvalue weighted by atomic mass is 10.0. The largest absolute Gasteiger partial charge is 0.457 e. The molecular weight excluding hydrogens is 492 g/mol. The van der Waals surface area contributed by atoms with Gasteiger partial charge in [-0.15, -0.1) is 0 Å². The Morgan fingerprint density at radius 3 is 2.54 bits per heavy atom. The summed E-state index contributed by atoms with van der Waals surface area (Å²) in [6, 6.07) is 20.2. The molecule has 2 aromatic carbocycles. The van der Waals surface area contributed by atoms with Crippen molar-refractivity contribution >= 4 is 22.8 Å². The van der Waals surface area contributed by atoms with Crippen LogP contribution in [0.2, 0.25) is 0 Å². The maximum absolute atomic E-state index is 14.0. The van der Waals surface area contributed by atoms with Gasteiger partial charge < -0.3 is 15.4 Å². The second kappa shape index (κ2) is 10.9. The third kappa shape index (κ3) is 5.14. The number of aromatic nitrogens is 3. The van der Waals surface area contributed by atoms with Crippen molar-refractivity contribution in [2.45, 2.75) is 32.7 Å². The average Bonchev–Trinajstić information content (AvgIpc) is 3.25. The second-order valence-electron chi connectivity index (χ2n) is 9.94. The van der Waals surface area contributed by atoms with Crippen LogP contribution in [-0.2, 0) is 4.79 Å². The zero-order chi connectivity index (χ0) is 27.5. The van der Waals surface area contributed by atoms with Gasteiger partial charge >= 0.3 is 5.69 Å². The minimum absolute atomic E-state index is 0.0738. The molecule has 1 saturated heterocycles. The quantitative estimate of drug-likeness (QED) is 0.286. The molecule has 9 nitrogen and oxygen atoms in total. The van der Waals surface area contributed by atoms with Crippen LogP contribution in [0.4, 0.5) is 5.82 Å².